The molecule has 2 aromatic rings. The highest BCUT2D eigenvalue weighted by Gasteiger charge is 2.20. The molecular weight excluding hydrogens is 318 g/mol. The molecule has 7 heteroatoms. The number of anilines is 1. The Labute approximate surface area is 137 Å². The van der Waals surface area contributed by atoms with Crippen molar-refractivity contribution in [2.75, 3.05) is 25.5 Å². The molecule has 1 saturated heterocycles. The summed E-state index contributed by atoms with van der Waals surface area (Å²) < 4.78 is 7.60. The summed E-state index contributed by atoms with van der Waals surface area (Å²) in [5.74, 6) is 0.603. The molecule has 1 aliphatic rings. The lowest BCUT2D eigenvalue weighted by molar-refractivity contribution is 0.0949. The highest BCUT2D eigenvalue weighted by molar-refractivity contribution is 7.73. The quantitative estimate of drug-likeness (QED) is 0.843. The van der Waals surface area contributed by atoms with Crippen molar-refractivity contribution < 1.29 is 9.53 Å². The second-order valence-corrected chi connectivity index (χ2v) is 6.84. The largest absolute Gasteiger partial charge is 0.383 e. The summed E-state index contributed by atoms with van der Waals surface area (Å²) in [6.07, 6.45) is 0.983. The first-order valence-electron chi connectivity index (χ1n) is 7.09. The number of ether oxygens (including phenoxy) is 1. The molecule has 1 atom stereocenters. The third kappa shape index (κ3) is 3.06. The minimum atomic E-state index is -0.171. The van der Waals surface area contributed by atoms with Crippen molar-refractivity contribution in [2.24, 2.45) is 5.92 Å². The van der Waals surface area contributed by atoms with Crippen LogP contribution in [0.25, 0.3) is 5.69 Å². The maximum absolute atomic E-state index is 12.3. The van der Waals surface area contributed by atoms with Gasteiger partial charge in [0.25, 0.3) is 5.91 Å². The normalized spacial score (nSPS) is 17.5. The number of aromatic nitrogens is 1. The first kappa shape index (κ1) is 15.2. The van der Waals surface area contributed by atoms with E-state index in [1.807, 2.05) is 30.3 Å². The number of thiazole rings is 1. The van der Waals surface area contributed by atoms with Gasteiger partial charge in [-0.1, -0.05) is 29.5 Å². The van der Waals surface area contributed by atoms with Crippen LogP contribution in [0.1, 0.15) is 16.1 Å². The molecule has 0 aliphatic carbocycles. The number of carbonyl (C=O) groups excluding carboxylic acids is 1. The van der Waals surface area contributed by atoms with Gasteiger partial charge in [-0.05, 0) is 30.8 Å². The summed E-state index contributed by atoms with van der Waals surface area (Å²) >= 11 is 6.59. The topological polar surface area (TPSA) is 69.3 Å². The molecule has 1 aromatic carbocycles. The van der Waals surface area contributed by atoms with Crippen molar-refractivity contribution in [3.05, 3.63) is 39.2 Å². The van der Waals surface area contributed by atoms with E-state index in [-0.39, 0.29) is 5.91 Å². The Hall–Kier alpha value is -1.70. The molecule has 22 heavy (non-hydrogen) atoms. The van der Waals surface area contributed by atoms with Gasteiger partial charge in [0.05, 0.1) is 6.61 Å². The summed E-state index contributed by atoms with van der Waals surface area (Å²) in [7, 11) is 0. The van der Waals surface area contributed by atoms with Crippen LogP contribution in [-0.2, 0) is 4.74 Å². The summed E-state index contributed by atoms with van der Waals surface area (Å²) in [5, 5.41) is 2.93. The maximum Gasteiger partial charge on any atom is 0.265 e. The lowest BCUT2D eigenvalue weighted by Crippen LogP contribution is -2.29. The number of nitrogens with zero attached hydrogens (tertiary/aromatic N) is 1. The SMILES string of the molecule is Nc1c(C(=O)NCC2CCOC2)sc(=S)n1-c1ccccc1. The van der Waals surface area contributed by atoms with E-state index in [2.05, 4.69) is 5.32 Å². The van der Waals surface area contributed by atoms with Crippen LogP contribution in [0, 0.1) is 9.87 Å². The van der Waals surface area contributed by atoms with Crippen LogP contribution < -0.4 is 11.1 Å². The Morgan fingerprint density at radius 2 is 2.23 bits per heavy atom. The average Bonchev–Trinajstić information content (AvgIpc) is 3.14. The lowest BCUT2D eigenvalue weighted by Gasteiger charge is -2.09. The Bertz CT molecular complexity index is 718. The predicted molar refractivity (Wildman–Crippen MR) is 90.2 cm³/mol. The van der Waals surface area contributed by atoms with Gasteiger partial charge in [0.1, 0.15) is 10.7 Å². The summed E-state index contributed by atoms with van der Waals surface area (Å²) in [6.45, 7) is 2.08. The fourth-order valence-electron chi connectivity index (χ4n) is 2.43. The standard InChI is InChI=1S/C15H17N3O2S2/c16-13-12(14(19)17-8-10-6-7-20-9-10)22-15(21)18(13)11-4-2-1-3-5-11/h1-5,10H,6-9,16H2,(H,17,19). The summed E-state index contributed by atoms with van der Waals surface area (Å²) in [6, 6.07) is 9.57. The van der Waals surface area contributed by atoms with Gasteiger partial charge in [0.15, 0.2) is 3.95 Å². The van der Waals surface area contributed by atoms with E-state index in [1.54, 1.807) is 4.57 Å². The summed E-state index contributed by atoms with van der Waals surface area (Å²) in [5.41, 5.74) is 7.01. The Morgan fingerprint density at radius 1 is 1.45 bits per heavy atom. The molecule has 116 valence electrons. The van der Waals surface area contributed by atoms with Gasteiger partial charge < -0.3 is 15.8 Å². The monoisotopic (exact) mass is 335 g/mol. The van der Waals surface area contributed by atoms with E-state index < -0.39 is 0 Å². The first-order valence-corrected chi connectivity index (χ1v) is 8.32. The number of carbonyl (C=O) groups is 1. The zero-order chi connectivity index (χ0) is 15.5. The van der Waals surface area contributed by atoms with E-state index in [4.69, 9.17) is 22.7 Å². The van der Waals surface area contributed by atoms with Crippen molar-refractivity contribution in [1.29, 1.82) is 0 Å². The molecule has 0 saturated carbocycles. The van der Waals surface area contributed by atoms with Crippen molar-refractivity contribution in [3.8, 4) is 5.69 Å². The molecule has 5 nitrogen and oxygen atoms in total. The van der Waals surface area contributed by atoms with Gasteiger partial charge in [-0.2, -0.15) is 0 Å². The molecular formula is C15H17N3O2S2. The van der Waals surface area contributed by atoms with Gasteiger partial charge in [0, 0.05) is 24.8 Å². The van der Waals surface area contributed by atoms with Crippen molar-refractivity contribution in [3.63, 3.8) is 0 Å². The lowest BCUT2D eigenvalue weighted by atomic mass is 10.1. The van der Waals surface area contributed by atoms with Crippen LogP contribution >= 0.6 is 23.6 Å². The Morgan fingerprint density at radius 3 is 2.91 bits per heavy atom. The number of nitrogens with one attached hydrogen (secondary N) is 1. The molecule has 1 aromatic heterocycles. The van der Waals surface area contributed by atoms with Crippen LogP contribution in [0.2, 0.25) is 0 Å². The van der Waals surface area contributed by atoms with Crippen molar-refractivity contribution in [1.82, 2.24) is 9.88 Å². The highest BCUT2D eigenvalue weighted by Crippen LogP contribution is 2.26. The molecule has 3 rings (SSSR count). The smallest absolute Gasteiger partial charge is 0.265 e. The molecule has 1 unspecified atom stereocenters. The minimum absolute atomic E-state index is 0.171. The van der Waals surface area contributed by atoms with Gasteiger partial charge in [-0.15, -0.1) is 0 Å². The van der Waals surface area contributed by atoms with E-state index in [1.165, 1.54) is 11.3 Å². The number of benzene rings is 1. The van der Waals surface area contributed by atoms with Crippen LogP contribution in [0.3, 0.4) is 0 Å². The number of rotatable bonds is 4. The van der Waals surface area contributed by atoms with Gasteiger partial charge in [0.2, 0.25) is 0 Å². The van der Waals surface area contributed by atoms with Crippen molar-refractivity contribution >= 4 is 35.3 Å². The molecule has 1 fully saturated rings. The number of nitrogen functional groups attached to an aromatic ring is 1. The molecule has 0 bridgehead atoms. The van der Waals surface area contributed by atoms with Crippen molar-refractivity contribution in [2.45, 2.75) is 6.42 Å². The average molecular weight is 335 g/mol. The third-order valence-electron chi connectivity index (χ3n) is 3.64. The second-order valence-electron chi connectivity index (χ2n) is 5.19. The summed E-state index contributed by atoms with van der Waals surface area (Å²) in [4.78, 5) is 12.8. The Balaban J connectivity index is 1.80. The van der Waals surface area contributed by atoms with Crippen LogP contribution in [0.5, 0.6) is 0 Å². The molecule has 1 aliphatic heterocycles. The fraction of sp³-hybridized carbons (Fsp3) is 0.333. The number of hydrogen-bond donors (Lipinski definition) is 2. The zero-order valence-corrected chi connectivity index (χ0v) is 13.6. The van der Waals surface area contributed by atoms with E-state index in [0.717, 1.165) is 18.7 Å². The molecule has 0 spiro atoms. The van der Waals surface area contributed by atoms with E-state index >= 15 is 0 Å². The molecule has 1 amide bonds. The predicted octanol–water partition coefficient (Wildman–Crippen LogP) is 2.62. The molecule has 3 N–H and O–H groups in total. The van der Waals surface area contributed by atoms with Crippen LogP contribution in [0.4, 0.5) is 5.82 Å². The maximum atomic E-state index is 12.3. The highest BCUT2D eigenvalue weighted by atomic mass is 32.1. The number of amides is 1. The second kappa shape index (κ2) is 6.60. The number of nitrogens with two attached hydrogens (primary N) is 1. The van der Waals surface area contributed by atoms with Gasteiger partial charge >= 0.3 is 0 Å². The fourth-order valence-corrected chi connectivity index (χ4v) is 3.72. The zero-order valence-electron chi connectivity index (χ0n) is 12.0. The number of para-hydroxylation sites is 1. The van der Waals surface area contributed by atoms with Crippen LogP contribution in [0.15, 0.2) is 30.3 Å². The minimum Gasteiger partial charge on any atom is -0.383 e. The number of hydrogen-bond acceptors (Lipinski definition) is 5. The molecule has 0 radical (unpaired) electrons. The third-order valence-corrected chi connectivity index (χ3v) is 5.03. The van der Waals surface area contributed by atoms with E-state index in [0.29, 0.717) is 33.7 Å². The molecule has 2 heterocycles. The Kier molecular flexibility index (Phi) is 4.56. The van der Waals surface area contributed by atoms with Gasteiger partial charge in [-0.3, -0.25) is 9.36 Å². The van der Waals surface area contributed by atoms with Crippen LogP contribution in [-0.4, -0.2) is 30.2 Å². The van der Waals surface area contributed by atoms with Gasteiger partial charge in [-0.25, -0.2) is 0 Å². The van der Waals surface area contributed by atoms with E-state index in [9.17, 15) is 4.79 Å². The first-order chi connectivity index (χ1) is 10.7.